The van der Waals surface area contributed by atoms with Gasteiger partial charge in [-0.15, -0.1) is 0 Å². The lowest BCUT2D eigenvalue weighted by Gasteiger charge is -2.37. The van der Waals surface area contributed by atoms with Gasteiger partial charge in [-0.3, -0.25) is 4.79 Å². The lowest BCUT2D eigenvalue weighted by atomic mass is 9.76. The van der Waals surface area contributed by atoms with Crippen molar-refractivity contribution in [2.45, 2.75) is 45.3 Å². The van der Waals surface area contributed by atoms with Crippen molar-refractivity contribution in [3.8, 4) is 0 Å². The Morgan fingerprint density at radius 1 is 1.43 bits per heavy atom. The first kappa shape index (κ1) is 14.1. The zero-order chi connectivity index (χ0) is 15.0. The molecule has 3 rings (SSSR count). The molecule has 1 amide bonds. The van der Waals surface area contributed by atoms with Gasteiger partial charge in [0.1, 0.15) is 5.69 Å². The zero-order valence-corrected chi connectivity index (χ0v) is 12.5. The Balaban J connectivity index is 1.73. The average molecular weight is 286 g/mol. The second-order valence-corrected chi connectivity index (χ2v) is 6.15. The first-order valence-corrected chi connectivity index (χ1v) is 7.65. The number of aliphatic hydroxyl groups is 1. The Morgan fingerprint density at radius 3 is 2.86 bits per heavy atom. The number of aromatic nitrogens is 1. The van der Waals surface area contributed by atoms with E-state index in [4.69, 9.17) is 0 Å². The summed E-state index contributed by atoms with van der Waals surface area (Å²) in [5.41, 5.74) is 2.77. The molecular formula is C17H22N2O2. The molecule has 1 atom stereocenters. The average Bonchev–Trinajstić information content (AvgIpc) is 2.84. The highest BCUT2D eigenvalue weighted by Crippen LogP contribution is 2.31. The van der Waals surface area contributed by atoms with Crippen LogP contribution in [0.25, 0.3) is 10.9 Å². The number of aryl methyl sites for hydroxylation is 1. The van der Waals surface area contributed by atoms with Crippen LogP contribution < -0.4 is 5.32 Å². The predicted molar refractivity (Wildman–Crippen MR) is 83.3 cm³/mol. The molecule has 0 aliphatic heterocycles. The van der Waals surface area contributed by atoms with Crippen molar-refractivity contribution in [2.24, 2.45) is 5.92 Å². The lowest BCUT2D eigenvalue weighted by Crippen LogP contribution is -2.46. The van der Waals surface area contributed by atoms with Crippen LogP contribution in [0, 0.1) is 12.8 Å². The summed E-state index contributed by atoms with van der Waals surface area (Å²) in [6.07, 6.45) is 2.30. The number of carbonyl (C=O) groups excluding carboxylic acids is 1. The quantitative estimate of drug-likeness (QED) is 0.809. The van der Waals surface area contributed by atoms with Crippen LogP contribution in [-0.2, 0) is 0 Å². The summed E-state index contributed by atoms with van der Waals surface area (Å²) < 4.78 is 0. The highest BCUT2D eigenvalue weighted by Gasteiger charge is 2.34. The first-order valence-electron chi connectivity index (χ1n) is 7.65. The van der Waals surface area contributed by atoms with E-state index >= 15 is 0 Å². The van der Waals surface area contributed by atoms with Gasteiger partial charge < -0.3 is 15.4 Å². The molecule has 2 aromatic rings. The monoisotopic (exact) mass is 286 g/mol. The van der Waals surface area contributed by atoms with E-state index in [2.05, 4.69) is 23.3 Å². The van der Waals surface area contributed by atoms with Crippen molar-refractivity contribution < 1.29 is 9.90 Å². The number of amides is 1. The smallest absolute Gasteiger partial charge is 0.267 e. The molecule has 4 nitrogen and oxygen atoms in total. The molecule has 4 heteroatoms. The van der Waals surface area contributed by atoms with E-state index in [9.17, 15) is 9.90 Å². The van der Waals surface area contributed by atoms with Crippen LogP contribution in [0.5, 0.6) is 0 Å². The highest BCUT2D eigenvalue weighted by molar-refractivity contribution is 5.98. The summed E-state index contributed by atoms with van der Waals surface area (Å²) in [4.78, 5) is 15.6. The van der Waals surface area contributed by atoms with Gasteiger partial charge in [0.2, 0.25) is 0 Å². The Morgan fingerprint density at radius 2 is 2.19 bits per heavy atom. The van der Waals surface area contributed by atoms with E-state index in [-0.39, 0.29) is 18.1 Å². The Bertz CT molecular complexity index is 656. The number of hydrogen-bond donors (Lipinski definition) is 3. The van der Waals surface area contributed by atoms with Gasteiger partial charge >= 0.3 is 0 Å². The minimum absolute atomic E-state index is 0.0582. The number of rotatable bonds is 4. The second-order valence-electron chi connectivity index (χ2n) is 6.15. The van der Waals surface area contributed by atoms with E-state index < -0.39 is 0 Å². The third-order valence-corrected chi connectivity index (χ3v) is 4.50. The van der Waals surface area contributed by atoms with E-state index in [1.807, 2.05) is 25.1 Å². The van der Waals surface area contributed by atoms with Crippen molar-refractivity contribution in [2.75, 3.05) is 0 Å². The van der Waals surface area contributed by atoms with Crippen LogP contribution in [0.2, 0.25) is 0 Å². The van der Waals surface area contributed by atoms with E-state index in [0.29, 0.717) is 11.6 Å². The van der Waals surface area contributed by atoms with Crippen molar-refractivity contribution >= 4 is 16.8 Å². The minimum Gasteiger partial charge on any atom is -0.393 e. The fraction of sp³-hybridized carbons (Fsp3) is 0.471. The number of H-pyrrole nitrogens is 1. The van der Waals surface area contributed by atoms with Crippen LogP contribution in [0.15, 0.2) is 24.3 Å². The minimum atomic E-state index is -0.183. The van der Waals surface area contributed by atoms with Gasteiger partial charge in [0.05, 0.1) is 6.10 Å². The molecule has 1 fully saturated rings. The van der Waals surface area contributed by atoms with Gasteiger partial charge in [-0.05, 0) is 50.3 Å². The molecule has 1 aliphatic rings. The summed E-state index contributed by atoms with van der Waals surface area (Å²) in [6.45, 7) is 4.12. The molecule has 1 aromatic heterocycles. The summed E-state index contributed by atoms with van der Waals surface area (Å²) in [5, 5.41) is 13.6. The predicted octanol–water partition coefficient (Wildman–Crippen LogP) is 2.76. The van der Waals surface area contributed by atoms with Gasteiger partial charge in [0.25, 0.3) is 5.91 Å². The van der Waals surface area contributed by atoms with Crippen molar-refractivity contribution in [1.82, 2.24) is 10.3 Å². The maximum Gasteiger partial charge on any atom is 0.267 e. The standard InChI is InChI=1S/C17H22N2O2/c1-3-14(12-7-13(20)8-12)19-17(21)16-9-11-6-10(2)4-5-15(11)18-16/h4-6,9,12-14,18,20H,3,7-8H2,1-2H3,(H,19,21). The molecule has 0 bridgehead atoms. The van der Waals surface area contributed by atoms with Crippen LogP contribution in [0.3, 0.4) is 0 Å². The maximum absolute atomic E-state index is 12.4. The summed E-state index contributed by atoms with van der Waals surface area (Å²) >= 11 is 0. The SMILES string of the molecule is CCC(NC(=O)c1cc2cc(C)ccc2[nH]1)C1CC(O)C1. The molecule has 1 heterocycles. The van der Waals surface area contributed by atoms with Crippen LogP contribution in [0.1, 0.15) is 42.2 Å². The zero-order valence-electron chi connectivity index (χ0n) is 12.5. The van der Waals surface area contributed by atoms with Gasteiger partial charge in [-0.1, -0.05) is 18.6 Å². The number of aromatic amines is 1. The summed E-state index contributed by atoms with van der Waals surface area (Å²) in [5.74, 6) is 0.345. The molecule has 1 aliphatic carbocycles. The molecular weight excluding hydrogens is 264 g/mol. The molecule has 1 unspecified atom stereocenters. The number of hydrogen-bond acceptors (Lipinski definition) is 2. The molecule has 0 saturated heterocycles. The van der Waals surface area contributed by atoms with Crippen LogP contribution in [0.4, 0.5) is 0 Å². The van der Waals surface area contributed by atoms with Crippen molar-refractivity contribution in [3.05, 3.63) is 35.5 Å². The second kappa shape index (κ2) is 5.53. The van der Waals surface area contributed by atoms with E-state index in [0.717, 1.165) is 30.2 Å². The Kier molecular flexibility index (Phi) is 3.72. The molecule has 21 heavy (non-hydrogen) atoms. The highest BCUT2D eigenvalue weighted by atomic mass is 16.3. The number of carbonyl (C=O) groups is 1. The topological polar surface area (TPSA) is 65.1 Å². The first-order chi connectivity index (χ1) is 10.1. The van der Waals surface area contributed by atoms with Crippen molar-refractivity contribution in [3.63, 3.8) is 0 Å². The number of nitrogens with one attached hydrogen (secondary N) is 2. The number of aliphatic hydroxyl groups excluding tert-OH is 1. The third-order valence-electron chi connectivity index (χ3n) is 4.50. The molecule has 3 N–H and O–H groups in total. The van der Waals surface area contributed by atoms with Gasteiger partial charge in [0.15, 0.2) is 0 Å². The van der Waals surface area contributed by atoms with E-state index in [1.54, 1.807) is 0 Å². The van der Waals surface area contributed by atoms with Crippen molar-refractivity contribution in [1.29, 1.82) is 0 Å². The lowest BCUT2D eigenvalue weighted by molar-refractivity contribution is 0.0232. The molecule has 112 valence electrons. The molecule has 1 saturated carbocycles. The number of benzene rings is 1. The third kappa shape index (κ3) is 2.81. The van der Waals surface area contributed by atoms with Crippen LogP contribution >= 0.6 is 0 Å². The summed E-state index contributed by atoms with van der Waals surface area (Å²) in [6, 6.07) is 8.16. The fourth-order valence-corrected chi connectivity index (χ4v) is 3.13. The molecule has 1 aromatic carbocycles. The molecule has 0 radical (unpaired) electrons. The normalized spacial score (nSPS) is 22.8. The maximum atomic E-state index is 12.4. The largest absolute Gasteiger partial charge is 0.393 e. The van der Waals surface area contributed by atoms with E-state index in [1.165, 1.54) is 5.56 Å². The Hall–Kier alpha value is -1.81. The number of fused-ring (bicyclic) bond motifs is 1. The fourth-order valence-electron chi connectivity index (χ4n) is 3.13. The van der Waals surface area contributed by atoms with Gasteiger partial charge in [-0.25, -0.2) is 0 Å². The Labute approximate surface area is 124 Å². The van der Waals surface area contributed by atoms with Crippen LogP contribution in [-0.4, -0.2) is 28.1 Å². The van der Waals surface area contributed by atoms with Gasteiger partial charge in [0, 0.05) is 16.9 Å². The summed E-state index contributed by atoms with van der Waals surface area (Å²) in [7, 11) is 0. The molecule has 0 spiro atoms. The van der Waals surface area contributed by atoms with Gasteiger partial charge in [-0.2, -0.15) is 0 Å².